The lowest BCUT2D eigenvalue weighted by molar-refractivity contribution is -0.0705. The van der Waals surface area contributed by atoms with Gasteiger partial charge in [-0.3, -0.25) is 0 Å². The molecule has 1 heterocycles. The zero-order chi connectivity index (χ0) is 18.1. The minimum absolute atomic E-state index is 0.654. The molecule has 0 N–H and O–H groups in total. The highest BCUT2D eigenvalue weighted by atomic mass is 15.1. The SMILES string of the molecule is c1ccc(C(CCCCN2CCCCC2)C23CC4CC(CC(C4)C2)C3)cc1. The van der Waals surface area contributed by atoms with E-state index in [-0.39, 0.29) is 0 Å². The Hall–Kier alpha value is -0.820. The summed E-state index contributed by atoms with van der Waals surface area (Å²) in [6, 6.07) is 11.7. The smallest absolute Gasteiger partial charge is 0.00187 e. The van der Waals surface area contributed by atoms with Gasteiger partial charge in [-0.1, -0.05) is 43.2 Å². The van der Waals surface area contributed by atoms with Crippen molar-refractivity contribution in [3.63, 3.8) is 0 Å². The topological polar surface area (TPSA) is 3.24 Å². The van der Waals surface area contributed by atoms with Crippen molar-refractivity contribution in [2.75, 3.05) is 19.6 Å². The molecule has 0 radical (unpaired) electrons. The molecule has 0 amide bonds. The Kier molecular flexibility index (Phi) is 5.33. The first kappa shape index (κ1) is 18.2. The van der Waals surface area contributed by atoms with Crippen molar-refractivity contribution in [3.05, 3.63) is 35.9 Å². The average Bonchev–Trinajstić information content (AvgIpc) is 2.68. The molecule has 1 aromatic carbocycles. The lowest BCUT2D eigenvalue weighted by Crippen LogP contribution is -2.48. The van der Waals surface area contributed by atoms with Crippen LogP contribution in [-0.4, -0.2) is 24.5 Å². The molecule has 1 atom stereocenters. The van der Waals surface area contributed by atoms with E-state index in [2.05, 4.69) is 35.2 Å². The molecule has 1 saturated heterocycles. The predicted molar refractivity (Wildman–Crippen MR) is 114 cm³/mol. The lowest BCUT2D eigenvalue weighted by atomic mass is 9.45. The highest BCUT2D eigenvalue weighted by Gasteiger charge is 2.54. The molecule has 0 aromatic heterocycles. The Morgan fingerprint density at radius 2 is 1.44 bits per heavy atom. The Balaban J connectivity index is 1.27. The first-order valence-corrected chi connectivity index (χ1v) is 12.1. The third-order valence-corrected chi connectivity index (χ3v) is 8.69. The zero-order valence-corrected chi connectivity index (χ0v) is 17.2. The van der Waals surface area contributed by atoms with Gasteiger partial charge in [0.25, 0.3) is 0 Å². The van der Waals surface area contributed by atoms with Gasteiger partial charge in [-0.25, -0.2) is 0 Å². The number of benzene rings is 1. The summed E-state index contributed by atoms with van der Waals surface area (Å²) in [5.41, 5.74) is 2.32. The van der Waals surface area contributed by atoms with E-state index in [1.807, 2.05) is 0 Å². The third kappa shape index (κ3) is 3.86. The number of hydrogen-bond donors (Lipinski definition) is 0. The summed E-state index contributed by atoms with van der Waals surface area (Å²) in [5, 5.41) is 0. The Morgan fingerprint density at radius 3 is 2.07 bits per heavy atom. The van der Waals surface area contributed by atoms with Gasteiger partial charge in [0.1, 0.15) is 0 Å². The van der Waals surface area contributed by atoms with Crippen LogP contribution in [0.1, 0.15) is 88.5 Å². The van der Waals surface area contributed by atoms with Crippen molar-refractivity contribution in [1.29, 1.82) is 0 Å². The standard InChI is InChI=1S/C26H39N/c1-3-9-24(10-4-1)25(11-5-8-14-27-12-6-2-7-13-27)26-18-21-15-22(19-26)17-23(16-21)20-26/h1,3-4,9-10,21-23,25H,2,5-8,11-20H2. The second-order valence-electron chi connectivity index (χ2n) is 10.6. The van der Waals surface area contributed by atoms with Crippen LogP contribution < -0.4 is 0 Å². The number of hydrogen-bond acceptors (Lipinski definition) is 1. The summed E-state index contributed by atoms with van der Waals surface area (Å²) in [6.45, 7) is 4.07. The van der Waals surface area contributed by atoms with Crippen LogP contribution >= 0.6 is 0 Å². The van der Waals surface area contributed by atoms with Crippen LogP contribution in [0.4, 0.5) is 0 Å². The molecule has 4 saturated carbocycles. The van der Waals surface area contributed by atoms with Gasteiger partial charge in [0.2, 0.25) is 0 Å². The van der Waals surface area contributed by atoms with E-state index in [4.69, 9.17) is 0 Å². The first-order chi connectivity index (χ1) is 13.3. The predicted octanol–water partition coefficient (Wildman–Crippen LogP) is 6.64. The fourth-order valence-electron chi connectivity index (χ4n) is 7.98. The minimum Gasteiger partial charge on any atom is -0.303 e. The minimum atomic E-state index is 0.654. The molecule has 1 aliphatic heterocycles. The van der Waals surface area contributed by atoms with Crippen LogP contribution in [-0.2, 0) is 0 Å². The summed E-state index contributed by atoms with van der Waals surface area (Å²) in [4.78, 5) is 2.73. The maximum atomic E-state index is 2.73. The van der Waals surface area contributed by atoms with E-state index in [1.54, 1.807) is 44.1 Å². The van der Waals surface area contributed by atoms with E-state index in [1.165, 1.54) is 58.2 Å². The number of rotatable bonds is 7. The van der Waals surface area contributed by atoms with E-state index in [0.29, 0.717) is 5.41 Å². The lowest BCUT2D eigenvalue weighted by Gasteiger charge is -2.60. The van der Waals surface area contributed by atoms with Gasteiger partial charge < -0.3 is 4.90 Å². The molecule has 4 bridgehead atoms. The van der Waals surface area contributed by atoms with Gasteiger partial charge in [-0.2, -0.15) is 0 Å². The number of piperidine rings is 1. The van der Waals surface area contributed by atoms with Crippen molar-refractivity contribution >= 4 is 0 Å². The van der Waals surface area contributed by atoms with Crippen LogP contribution in [0.15, 0.2) is 30.3 Å². The monoisotopic (exact) mass is 365 g/mol. The maximum absolute atomic E-state index is 2.73. The summed E-state index contributed by atoms with van der Waals surface area (Å²) in [5.74, 6) is 4.02. The molecule has 27 heavy (non-hydrogen) atoms. The van der Waals surface area contributed by atoms with Crippen molar-refractivity contribution in [2.45, 2.75) is 83.0 Å². The molecule has 1 unspecified atom stereocenters. The molecular formula is C26H39N. The van der Waals surface area contributed by atoms with E-state index in [9.17, 15) is 0 Å². The second kappa shape index (κ2) is 7.90. The zero-order valence-electron chi connectivity index (χ0n) is 17.2. The summed E-state index contributed by atoms with van der Waals surface area (Å²) in [6.07, 6.45) is 17.9. The molecule has 5 aliphatic rings. The van der Waals surface area contributed by atoms with Crippen LogP contribution in [0.25, 0.3) is 0 Å². The van der Waals surface area contributed by atoms with Gasteiger partial charge in [-0.15, -0.1) is 0 Å². The Bertz CT molecular complexity index is 565. The molecular weight excluding hydrogens is 326 g/mol. The van der Waals surface area contributed by atoms with Gasteiger partial charge >= 0.3 is 0 Å². The van der Waals surface area contributed by atoms with Crippen molar-refractivity contribution < 1.29 is 0 Å². The molecule has 5 fully saturated rings. The molecule has 0 spiro atoms. The first-order valence-electron chi connectivity index (χ1n) is 12.1. The van der Waals surface area contributed by atoms with Crippen molar-refractivity contribution in [3.8, 4) is 0 Å². The van der Waals surface area contributed by atoms with Crippen LogP contribution in [0, 0.1) is 23.2 Å². The summed E-state index contributed by atoms with van der Waals surface area (Å²) in [7, 11) is 0. The van der Waals surface area contributed by atoms with Crippen molar-refractivity contribution in [2.24, 2.45) is 23.2 Å². The van der Waals surface area contributed by atoms with Gasteiger partial charge in [0.15, 0.2) is 0 Å². The fourth-order valence-corrected chi connectivity index (χ4v) is 7.98. The third-order valence-electron chi connectivity index (χ3n) is 8.69. The highest BCUT2D eigenvalue weighted by molar-refractivity contribution is 5.24. The molecule has 148 valence electrons. The maximum Gasteiger partial charge on any atom is -0.00187 e. The normalized spacial score (nSPS) is 36.8. The fraction of sp³-hybridized carbons (Fsp3) is 0.769. The largest absolute Gasteiger partial charge is 0.303 e. The molecule has 1 heteroatoms. The van der Waals surface area contributed by atoms with Crippen molar-refractivity contribution in [1.82, 2.24) is 4.90 Å². The van der Waals surface area contributed by atoms with E-state index < -0.39 is 0 Å². The van der Waals surface area contributed by atoms with Crippen LogP contribution in [0.3, 0.4) is 0 Å². The number of nitrogens with zero attached hydrogens (tertiary/aromatic N) is 1. The molecule has 1 nitrogen and oxygen atoms in total. The van der Waals surface area contributed by atoms with Crippen LogP contribution in [0.5, 0.6) is 0 Å². The molecule has 6 rings (SSSR count). The summed E-state index contributed by atoms with van der Waals surface area (Å²) < 4.78 is 0. The van der Waals surface area contributed by atoms with E-state index >= 15 is 0 Å². The number of unbranched alkanes of at least 4 members (excludes halogenated alkanes) is 1. The van der Waals surface area contributed by atoms with Gasteiger partial charge in [0, 0.05) is 0 Å². The highest BCUT2D eigenvalue weighted by Crippen LogP contribution is 2.65. The van der Waals surface area contributed by atoms with Gasteiger partial charge in [0.05, 0.1) is 0 Å². The van der Waals surface area contributed by atoms with Gasteiger partial charge in [-0.05, 0) is 118 Å². The second-order valence-corrected chi connectivity index (χ2v) is 10.6. The van der Waals surface area contributed by atoms with E-state index in [0.717, 1.165) is 23.7 Å². The Labute approximate surface area is 166 Å². The molecule has 4 aliphatic carbocycles. The number of likely N-dealkylation sites (tertiary alicyclic amines) is 1. The molecule has 1 aromatic rings. The summed E-state index contributed by atoms with van der Waals surface area (Å²) >= 11 is 0. The van der Waals surface area contributed by atoms with Crippen LogP contribution in [0.2, 0.25) is 0 Å². The average molecular weight is 366 g/mol. The Morgan fingerprint density at radius 1 is 0.815 bits per heavy atom. The quantitative estimate of drug-likeness (QED) is 0.489.